The Kier molecular flexibility index (Phi) is 5.34. The standard InChI is InChI=1S/C21H20Cl2N2O3/c1-24-6-8-25(9-7-24)12-16-18(26)5-4-15-20(27)19(28-21(15)16)10-13-2-3-14(22)11-17(13)23/h2-5,10-11,26H,6-9,12H2,1H3/p+2/b19-10-. The van der Waals surface area contributed by atoms with Gasteiger partial charge in [-0.1, -0.05) is 29.3 Å². The number of benzene rings is 2. The molecule has 0 atom stereocenters. The third kappa shape index (κ3) is 3.76. The Bertz CT molecular complexity index is 966. The number of aromatic hydroxyl groups is 1. The summed E-state index contributed by atoms with van der Waals surface area (Å²) >= 11 is 12.2. The maximum atomic E-state index is 12.8. The van der Waals surface area contributed by atoms with Gasteiger partial charge in [-0.3, -0.25) is 4.79 Å². The van der Waals surface area contributed by atoms with Crippen LogP contribution in [0.3, 0.4) is 0 Å². The minimum absolute atomic E-state index is 0.163. The predicted octanol–water partition coefficient (Wildman–Crippen LogP) is 1.23. The maximum absolute atomic E-state index is 12.8. The Hall–Kier alpha value is -2.05. The number of piperazine rings is 1. The van der Waals surface area contributed by atoms with E-state index in [4.69, 9.17) is 27.9 Å². The molecule has 1 fully saturated rings. The first-order chi connectivity index (χ1) is 13.4. The normalized spacial score (nSPS) is 23.0. The molecule has 7 heteroatoms. The summed E-state index contributed by atoms with van der Waals surface area (Å²) in [6.07, 6.45) is 1.62. The molecule has 0 unspecified atom stereocenters. The van der Waals surface area contributed by atoms with Gasteiger partial charge >= 0.3 is 0 Å². The number of rotatable bonds is 3. The van der Waals surface area contributed by atoms with E-state index in [-0.39, 0.29) is 17.3 Å². The molecule has 0 saturated carbocycles. The summed E-state index contributed by atoms with van der Waals surface area (Å²) in [7, 11) is 2.19. The van der Waals surface area contributed by atoms with Gasteiger partial charge in [0.15, 0.2) is 11.5 Å². The van der Waals surface area contributed by atoms with Gasteiger partial charge in [0, 0.05) is 10.0 Å². The predicted molar refractivity (Wildman–Crippen MR) is 109 cm³/mol. The number of likely N-dealkylation sites (N-methyl/N-ethyl adjacent to an activating group) is 1. The molecule has 0 aliphatic carbocycles. The van der Waals surface area contributed by atoms with Crippen LogP contribution in [-0.4, -0.2) is 44.1 Å². The molecular formula is C21H22Cl2N2O3+2. The minimum atomic E-state index is -0.208. The van der Waals surface area contributed by atoms with Crippen LogP contribution in [-0.2, 0) is 6.54 Å². The Morgan fingerprint density at radius 1 is 1.14 bits per heavy atom. The van der Waals surface area contributed by atoms with Crippen molar-refractivity contribution in [2.45, 2.75) is 6.54 Å². The fourth-order valence-corrected chi connectivity index (χ4v) is 4.15. The number of phenolic OH excluding ortho intramolecular Hbond substituents is 1. The second-order valence-electron chi connectivity index (χ2n) is 7.43. The van der Waals surface area contributed by atoms with Gasteiger partial charge in [0.05, 0.1) is 18.2 Å². The van der Waals surface area contributed by atoms with Crippen molar-refractivity contribution in [2.24, 2.45) is 0 Å². The van der Waals surface area contributed by atoms with Crippen LogP contribution in [0.1, 0.15) is 21.5 Å². The zero-order valence-corrected chi connectivity index (χ0v) is 17.0. The van der Waals surface area contributed by atoms with E-state index < -0.39 is 0 Å². The number of quaternary nitrogens is 2. The molecule has 0 bridgehead atoms. The summed E-state index contributed by atoms with van der Waals surface area (Å²) in [6, 6.07) is 8.27. The highest BCUT2D eigenvalue weighted by Gasteiger charge is 2.33. The average molecular weight is 421 g/mol. The second kappa shape index (κ2) is 7.76. The molecule has 3 N–H and O–H groups in total. The molecule has 0 aromatic heterocycles. The second-order valence-corrected chi connectivity index (χ2v) is 8.27. The summed E-state index contributed by atoms with van der Waals surface area (Å²) < 4.78 is 5.92. The van der Waals surface area contributed by atoms with E-state index in [2.05, 4.69) is 7.05 Å². The quantitative estimate of drug-likeness (QED) is 0.654. The topological polar surface area (TPSA) is 55.4 Å². The highest BCUT2D eigenvalue weighted by atomic mass is 35.5. The molecule has 2 aromatic rings. The van der Waals surface area contributed by atoms with E-state index >= 15 is 0 Å². The largest absolute Gasteiger partial charge is 0.507 e. The zero-order valence-electron chi connectivity index (χ0n) is 15.5. The van der Waals surface area contributed by atoms with Crippen LogP contribution < -0.4 is 14.5 Å². The lowest BCUT2D eigenvalue weighted by molar-refractivity contribution is -1.01. The monoisotopic (exact) mass is 420 g/mol. The van der Waals surface area contributed by atoms with Crippen molar-refractivity contribution in [2.75, 3.05) is 33.2 Å². The smallest absolute Gasteiger partial charge is 0.231 e. The third-order valence-corrected chi connectivity index (χ3v) is 5.97. The van der Waals surface area contributed by atoms with E-state index in [1.54, 1.807) is 36.4 Å². The van der Waals surface area contributed by atoms with Crippen molar-refractivity contribution in [3.63, 3.8) is 0 Å². The van der Waals surface area contributed by atoms with Crippen molar-refractivity contribution in [1.82, 2.24) is 0 Å². The van der Waals surface area contributed by atoms with Crippen LogP contribution in [0.25, 0.3) is 6.08 Å². The molecular weight excluding hydrogens is 399 g/mol. The highest BCUT2D eigenvalue weighted by Crippen LogP contribution is 2.39. The lowest BCUT2D eigenvalue weighted by atomic mass is 10.0. The minimum Gasteiger partial charge on any atom is -0.507 e. The van der Waals surface area contributed by atoms with Crippen LogP contribution in [0.5, 0.6) is 11.5 Å². The summed E-state index contributed by atoms with van der Waals surface area (Å²) in [5, 5.41) is 11.4. The molecule has 2 aliphatic heterocycles. The Balaban J connectivity index is 1.64. The van der Waals surface area contributed by atoms with Gasteiger partial charge in [0.1, 0.15) is 38.5 Å². The lowest BCUT2D eigenvalue weighted by Crippen LogP contribution is -3.26. The lowest BCUT2D eigenvalue weighted by Gasteiger charge is -2.27. The molecule has 0 radical (unpaired) electrons. The van der Waals surface area contributed by atoms with E-state index in [1.165, 1.54) is 9.80 Å². The van der Waals surface area contributed by atoms with Crippen molar-refractivity contribution in [3.8, 4) is 11.5 Å². The number of hydrogen-bond acceptors (Lipinski definition) is 3. The highest BCUT2D eigenvalue weighted by molar-refractivity contribution is 6.35. The summed E-state index contributed by atoms with van der Waals surface area (Å²) in [4.78, 5) is 15.7. The van der Waals surface area contributed by atoms with Gasteiger partial charge in [-0.25, -0.2) is 0 Å². The van der Waals surface area contributed by atoms with Crippen molar-refractivity contribution in [1.29, 1.82) is 0 Å². The number of carbonyl (C=O) groups excluding carboxylic acids is 1. The van der Waals surface area contributed by atoms with Crippen molar-refractivity contribution < 1.29 is 24.4 Å². The first kappa shape index (κ1) is 19.3. The number of carbonyl (C=O) groups is 1. The van der Waals surface area contributed by atoms with Gasteiger partial charge in [-0.2, -0.15) is 0 Å². The van der Waals surface area contributed by atoms with Crippen molar-refractivity contribution >= 4 is 35.1 Å². The van der Waals surface area contributed by atoms with Crippen LogP contribution in [0.4, 0.5) is 0 Å². The molecule has 5 nitrogen and oxygen atoms in total. The molecule has 0 amide bonds. The van der Waals surface area contributed by atoms with E-state index in [9.17, 15) is 9.90 Å². The number of halogens is 2. The van der Waals surface area contributed by atoms with Crippen LogP contribution in [0.2, 0.25) is 10.0 Å². The molecule has 2 aromatic carbocycles. The Morgan fingerprint density at radius 2 is 1.89 bits per heavy atom. The fraction of sp³-hybridized carbons (Fsp3) is 0.286. The Morgan fingerprint density at radius 3 is 2.61 bits per heavy atom. The zero-order chi connectivity index (χ0) is 19.8. The number of fused-ring (bicyclic) bond motifs is 1. The number of ether oxygens (including phenoxy) is 1. The van der Waals surface area contributed by atoms with E-state index in [0.29, 0.717) is 39.0 Å². The average Bonchev–Trinajstić information content (AvgIpc) is 2.97. The number of ketones is 1. The summed E-state index contributed by atoms with van der Waals surface area (Å²) in [6.45, 7) is 4.85. The van der Waals surface area contributed by atoms with E-state index in [1.807, 2.05) is 0 Å². The Labute approximate surface area is 173 Å². The summed E-state index contributed by atoms with van der Waals surface area (Å²) in [5.41, 5.74) is 1.81. The first-order valence-electron chi connectivity index (χ1n) is 9.31. The van der Waals surface area contributed by atoms with Crippen LogP contribution in [0.15, 0.2) is 36.1 Å². The maximum Gasteiger partial charge on any atom is 0.231 e. The van der Waals surface area contributed by atoms with Gasteiger partial charge in [-0.15, -0.1) is 0 Å². The molecule has 146 valence electrons. The summed E-state index contributed by atoms with van der Waals surface area (Å²) in [5.74, 6) is 0.611. The molecule has 1 saturated heterocycles. The van der Waals surface area contributed by atoms with Gasteiger partial charge < -0.3 is 19.6 Å². The van der Waals surface area contributed by atoms with Crippen LogP contribution in [0, 0.1) is 0 Å². The SMILES string of the molecule is C[NH+]1CC[NH+](Cc2c(O)ccc3c2O/C(=C\c2ccc(Cl)cc2Cl)C3=O)CC1. The van der Waals surface area contributed by atoms with Gasteiger partial charge in [0.2, 0.25) is 5.78 Å². The number of Topliss-reactive ketones (excluding diaryl/α,β-unsaturated/α-hetero) is 1. The number of allylic oxidation sites excluding steroid dienone is 1. The fourth-order valence-electron chi connectivity index (χ4n) is 3.68. The van der Waals surface area contributed by atoms with Gasteiger partial charge in [0.25, 0.3) is 0 Å². The molecule has 0 spiro atoms. The molecule has 28 heavy (non-hydrogen) atoms. The van der Waals surface area contributed by atoms with Crippen molar-refractivity contribution in [3.05, 3.63) is 62.8 Å². The van der Waals surface area contributed by atoms with E-state index in [0.717, 1.165) is 26.2 Å². The molecule has 4 rings (SSSR count). The third-order valence-electron chi connectivity index (χ3n) is 5.40. The first-order valence-corrected chi connectivity index (χ1v) is 10.1. The molecule has 2 aliphatic rings. The number of phenols is 1. The van der Waals surface area contributed by atoms with Gasteiger partial charge in [-0.05, 0) is 35.9 Å². The number of hydrogen-bond donors (Lipinski definition) is 3. The number of nitrogens with one attached hydrogen (secondary N) is 2. The molecule has 2 heterocycles. The van der Waals surface area contributed by atoms with Crippen LogP contribution >= 0.6 is 23.2 Å².